The average molecular weight is 392 g/mol. The van der Waals surface area contributed by atoms with Crippen molar-refractivity contribution in [3.8, 4) is 0 Å². The number of likely N-dealkylation sites (tertiary alicyclic amines) is 1. The predicted molar refractivity (Wildman–Crippen MR) is 111 cm³/mol. The van der Waals surface area contributed by atoms with Crippen LogP contribution in [0.3, 0.4) is 0 Å². The maximum absolute atomic E-state index is 13.3. The number of likely N-dealkylation sites (N-methyl/N-ethyl adjacent to an activating group) is 1. The van der Waals surface area contributed by atoms with Gasteiger partial charge in [-0.1, -0.05) is 65.9 Å². The molecule has 2 aromatic carbocycles. The fourth-order valence-electron chi connectivity index (χ4n) is 3.83. The van der Waals surface area contributed by atoms with Gasteiger partial charge in [-0.25, -0.2) is 0 Å². The number of aryl methyl sites for hydroxylation is 1. The average Bonchev–Trinajstić information content (AvgIpc) is 3.00. The molecule has 0 spiro atoms. The first kappa shape index (κ1) is 20.8. The van der Waals surface area contributed by atoms with E-state index in [2.05, 4.69) is 13.8 Å². The van der Waals surface area contributed by atoms with Crippen molar-refractivity contribution < 1.29 is 19.6 Å². The molecule has 5 nitrogen and oxygen atoms in total. The third-order valence-corrected chi connectivity index (χ3v) is 5.66. The second-order valence-corrected chi connectivity index (χ2v) is 7.46. The number of quaternary nitrogens is 1. The normalized spacial score (nSPS) is 18.6. The van der Waals surface area contributed by atoms with E-state index >= 15 is 0 Å². The number of Topliss-reactive ketones (excluding diaryl/α,β-unsaturated/α-hetero) is 1. The maximum atomic E-state index is 13.3. The number of hydrogen-bond donors (Lipinski definition) is 1. The Balaban J connectivity index is 2.06. The number of benzene rings is 2. The molecule has 1 aliphatic heterocycles. The minimum absolute atomic E-state index is 0.0552. The van der Waals surface area contributed by atoms with E-state index in [-0.39, 0.29) is 11.3 Å². The van der Waals surface area contributed by atoms with E-state index in [1.165, 1.54) is 4.90 Å². The molecule has 1 atom stereocenters. The lowest BCUT2D eigenvalue weighted by Gasteiger charge is -2.28. The van der Waals surface area contributed by atoms with Gasteiger partial charge in [-0.2, -0.15) is 0 Å². The summed E-state index contributed by atoms with van der Waals surface area (Å²) in [6.07, 6.45) is 0. The van der Waals surface area contributed by atoms with Gasteiger partial charge in [0.05, 0.1) is 32.2 Å². The Morgan fingerprint density at radius 3 is 2.21 bits per heavy atom. The summed E-state index contributed by atoms with van der Waals surface area (Å²) in [4.78, 5) is 28.7. The molecular formula is C24H28N2O3. The zero-order valence-corrected chi connectivity index (χ0v) is 17.3. The number of ketones is 1. The van der Waals surface area contributed by atoms with Crippen molar-refractivity contribution in [2.24, 2.45) is 0 Å². The van der Waals surface area contributed by atoms with E-state index in [1.54, 1.807) is 17.0 Å². The molecule has 0 saturated carbocycles. The molecule has 0 bridgehead atoms. The first-order valence-corrected chi connectivity index (χ1v) is 10.2. The summed E-state index contributed by atoms with van der Waals surface area (Å²) in [5.41, 5.74) is 2.31. The van der Waals surface area contributed by atoms with Crippen LogP contribution in [0.4, 0.5) is 0 Å². The Bertz CT molecular complexity index is 899. The number of carbonyl (C=O) groups excluding carboxylic acids is 2. The molecule has 2 aromatic rings. The Hall–Kier alpha value is -2.92. The SMILES string of the molecule is CC[NH+](CC)CCN1C(=O)C(=O)C(=C([O-])c2ccc(C)cc2)C1c1ccccc1. The first-order chi connectivity index (χ1) is 14.0. The van der Waals surface area contributed by atoms with Gasteiger partial charge in [-0.3, -0.25) is 9.59 Å². The third-order valence-electron chi connectivity index (χ3n) is 5.66. The summed E-state index contributed by atoms with van der Waals surface area (Å²) in [6.45, 7) is 9.21. The lowest BCUT2D eigenvalue weighted by molar-refractivity contribution is -0.895. The van der Waals surface area contributed by atoms with Gasteiger partial charge in [0.2, 0.25) is 5.78 Å². The second kappa shape index (κ2) is 9.05. The van der Waals surface area contributed by atoms with Crippen LogP contribution in [-0.4, -0.2) is 42.8 Å². The van der Waals surface area contributed by atoms with Crippen molar-refractivity contribution in [2.45, 2.75) is 26.8 Å². The summed E-state index contributed by atoms with van der Waals surface area (Å²) < 4.78 is 0. The van der Waals surface area contributed by atoms with Crippen LogP contribution in [0.1, 0.15) is 36.6 Å². The number of hydrogen-bond acceptors (Lipinski definition) is 3. The Morgan fingerprint density at radius 2 is 1.62 bits per heavy atom. The number of amides is 1. The fourth-order valence-corrected chi connectivity index (χ4v) is 3.83. The van der Waals surface area contributed by atoms with Gasteiger partial charge in [0, 0.05) is 5.57 Å². The standard InChI is InChI=1S/C24H28N2O3/c1-4-25(5-2)15-16-26-21(18-9-7-6-8-10-18)20(23(28)24(26)29)22(27)19-13-11-17(3)12-14-19/h6-14,21,27H,4-5,15-16H2,1-3H3. The lowest BCUT2D eigenvalue weighted by atomic mass is 9.95. The molecule has 0 radical (unpaired) electrons. The summed E-state index contributed by atoms with van der Waals surface area (Å²) in [7, 11) is 0. The highest BCUT2D eigenvalue weighted by Crippen LogP contribution is 2.38. The predicted octanol–water partition coefficient (Wildman–Crippen LogP) is 1.14. The molecule has 1 amide bonds. The van der Waals surface area contributed by atoms with Crippen molar-refractivity contribution in [2.75, 3.05) is 26.2 Å². The van der Waals surface area contributed by atoms with Crippen LogP contribution in [-0.2, 0) is 9.59 Å². The van der Waals surface area contributed by atoms with E-state index in [4.69, 9.17) is 0 Å². The molecule has 0 aliphatic carbocycles. The quantitative estimate of drug-likeness (QED) is 0.437. The molecule has 152 valence electrons. The molecule has 1 heterocycles. The molecule has 5 heteroatoms. The molecule has 1 saturated heterocycles. The second-order valence-electron chi connectivity index (χ2n) is 7.46. The number of carbonyl (C=O) groups is 2. The topological polar surface area (TPSA) is 64.9 Å². The highest BCUT2D eigenvalue weighted by Gasteiger charge is 2.44. The molecule has 1 unspecified atom stereocenters. The summed E-state index contributed by atoms with van der Waals surface area (Å²) in [5.74, 6) is -1.63. The Labute approximate surface area is 172 Å². The van der Waals surface area contributed by atoms with Crippen molar-refractivity contribution in [3.63, 3.8) is 0 Å². The molecule has 1 fully saturated rings. The monoisotopic (exact) mass is 392 g/mol. The molecule has 29 heavy (non-hydrogen) atoms. The number of rotatable bonds is 7. The molecule has 1 aliphatic rings. The van der Waals surface area contributed by atoms with Gasteiger partial charge in [0.1, 0.15) is 0 Å². The Kier molecular flexibility index (Phi) is 6.49. The lowest BCUT2D eigenvalue weighted by Crippen LogP contribution is -3.12. The van der Waals surface area contributed by atoms with Crippen molar-refractivity contribution in [1.82, 2.24) is 4.90 Å². The van der Waals surface area contributed by atoms with Gasteiger partial charge in [0.15, 0.2) is 0 Å². The highest BCUT2D eigenvalue weighted by molar-refractivity contribution is 6.46. The maximum Gasteiger partial charge on any atom is 0.295 e. The van der Waals surface area contributed by atoms with Crippen LogP contribution >= 0.6 is 0 Å². The highest BCUT2D eigenvalue weighted by atomic mass is 16.3. The molecule has 3 rings (SSSR count). The van der Waals surface area contributed by atoms with E-state index in [9.17, 15) is 14.7 Å². The summed E-state index contributed by atoms with van der Waals surface area (Å²) >= 11 is 0. The number of nitrogens with one attached hydrogen (secondary N) is 1. The smallest absolute Gasteiger partial charge is 0.295 e. The van der Waals surface area contributed by atoms with E-state index in [1.807, 2.05) is 49.4 Å². The zero-order valence-electron chi connectivity index (χ0n) is 17.3. The van der Waals surface area contributed by atoms with Crippen LogP contribution in [0.15, 0.2) is 60.2 Å². The molecule has 0 aromatic heterocycles. The largest absolute Gasteiger partial charge is 0.872 e. The molecular weight excluding hydrogens is 364 g/mol. The van der Waals surface area contributed by atoms with E-state index in [0.717, 1.165) is 30.8 Å². The third kappa shape index (κ3) is 4.25. The Morgan fingerprint density at radius 1 is 1.00 bits per heavy atom. The number of nitrogens with zero attached hydrogens (tertiary/aromatic N) is 1. The molecule has 1 N–H and O–H groups in total. The van der Waals surface area contributed by atoms with E-state index < -0.39 is 17.7 Å². The van der Waals surface area contributed by atoms with Crippen LogP contribution in [0, 0.1) is 6.92 Å². The van der Waals surface area contributed by atoms with Crippen molar-refractivity contribution in [3.05, 3.63) is 76.9 Å². The van der Waals surface area contributed by atoms with E-state index in [0.29, 0.717) is 12.1 Å². The van der Waals surface area contributed by atoms with Crippen LogP contribution < -0.4 is 10.0 Å². The van der Waals surface area contributed by atoms with Gasteiger partial charge < -0.3 is 14.9 Å². The van der Waals surface area contributed by atoms with Crippen molar-refractivity contribution >= 4 is 17.4 Å². The van der Waals surface area contributed by atoms with Crippen LogP contribution in [0.2, 0.25) is 0 Å². The van der Waals surface area contributed by atoms with Gasteiger partial charge in [-0.05, 0) is 31.9 Å². The van der Waals surface area contributed by atoms with Gasteiger partial charge >= 0.3 is 0 Å². The van der Waals surface area contributed by atoms with Crippen molar-refractivity contribution in [1.29, 1.82) is 0 Å². The minimum Gasteiger partial charge on any atom is -0.872 e. The van der Waals surface area contributed by atoms with Gasteiger partial charge in [0.25, 0.3) is 5.91 Å². The summed E-state index contributed by atoms with van der Waals surface area (Å²) in [6, 6.07) is 15.8. The first-order valence-electron chi connectivity index (χ1n) is 10.2. The fraction of sp³-hybridized carbons (Fsp3) is 0.333. The van der Waals surface area contributed by atoms with Gasteiger partial charge in [-0.15, -0.1) is 0 Å². The van der Waals surface area contributed by atoms with Crippen LogP contribution in [0.5, 0.6) is 0 Å². The zero-order chi connectivity index (χ0) is 21.0. The van der Waals surface area contributed by atoms with Crippen LogP contribution in [0.25, 0.3) is 5.76 Å². The minimum atomic E-state index is -0.682. The summed E-state index contributed by atoms with van der Waals surface area (Å²) in [5, 5.41) is 13.3.